The fraction of sp³-hybridized carbons (Fsp3) is 0.636. The first-order chi connectivity index (χ1) is 13.2. The molecule has 2 aliphatic heterocycles. The van der Waals surface area contributed by atoms with Gasteiger partial charge in [0.2, 0.25) is 0 Å². The number of amides is 1. The Hall–Kier alpha value is -2.08. The minimum absolute atomic E-state index is 0.385. The molecular formula is C22H32N2O4. The van der Waals surface area contributed by atoms with Crippen LogP contribution in [0.25, 0.3) is 0 Å². The number of fused-ring (bicyclic) bond motifs is 2. The van der Waals surface area contributed by atoms with Gasteiger partial charge in [0.25, 0.3) is 0 Å². The number of carbonyl (C=O) groups excluding carboxylic acids is 2. The average Bonchev–Trinajstić information content (AvgIpc) is 2.84. The summed E-state index contributed by atoms with van der Waals surface area (Å²) in [4.78, 5) is 27.5. The maximum atomic E-state index is 12.8. The summed E-state index contributed by atoms with van der Waals surface area (Å²) in [5.41, 5.74) is 0.0459. The number of benzene rings is 1. The minimum Gasteiger partial charge on any atom is -0.464 e. The molecule has 0 aliphatic carbocycles. The fourth-order valence-corrected chi connectivity index (χ4v) is 4.29. The van der Waals surface area contributed by atoms with Crippen LogP contribution in [0.2, 0.25) is 0 Å². The van der Waals surface area contributed by atoms with Crippen molar-refractivity contribution < 1.29 is 19.1 Å². The van der Waals surface area contributed by atoms with E-state index in [1.54, 1.807) is 32.9 Å². The average molecular weight is 389 g/mol. The van der Waals surface area contributed by atoms with E-state index in [0.717, 1.165) is 12.8 Å². The van der Waals surface area contributed by atoms with Crippen LogP contribution in [-0.2, 0) is 14.3 Å². The van der Waals surface area contributed by atoms with Crippen LogP contribution >= 0.6 is 0 Å². The number of hydrogen-bond acceptors (Lipinski definition) is 5. The van der Waals surface area contributed by atoms with Crippen molar-refractivity contribution in [2.24, 2.45) is 5.92 Å². The summed E-state index contributed by atoms with van der Waals surface area (Å²) in [6.45, 7) is 5.77. The predicted molar refractivity (Wildman–Crippen MR) is 107 cm³/mol. The summed E-state index contributed by atoms with van der Waals surface area (Å²) in [7, 11) is 2.20. The number of nitrogens with one attached hydrogen (secondary N) is 1. The first-order valence-corrected chi connectivity index (χ1v) is 10.2. The molecule has 6 nitrogen and oxygen atoms in total. The van der Waals surface area contributed by atoms with Gasteiger partial charge in [-0.25, -0.2) is 9.59 Å². The number of esters is 1. The van der Waals surface area contributed by atoms with Crippen molar-refractivity contribution in [3.05, 3.63) is 35.9 Å². The zero-order chi connectivity index (χ0) is 20.3. The second-order valence-corrected chi connectivity index (χ2v) is 9.01. The van der Waals surface area contributed by atoms with Gasteiger partial charge in [0.15, 0.2) is 6.04 Å². The van der Waals surface area contributed by atoms with Crippen LogP contribution in [0.15, 0.2) is 30.3 Å². The highest BCUT2D eigenvalue weighted by atomic mass is 16.6. The number of alkyl carbamates (subject to hydrolysis) is 1. The van der Waals surface area contributed by atoms with E-state index in [1.165, 1.54) is 12.8 Å². The standard InChI is InChI=1S/C22H32N2O4/c1-22(2,3)28-21(26)23-19(16-8-6-5-7-9-16)20(25)27-14-15-12-17-10-11-18(13-15)24(17)4/h5-9,15,17-19H,10-14H2,1-4H3,(H,23,26)/t15-,17-,18?,19?/m1/s1. The normalized spacial score (nSPS) is 25.8. The molecule has 2 unspecified atom stereocenters. The van der Waals surface area contributed by atoms with Crippen molar-refractivity contribution >= 4 is 12.1 Å². The van der Waals surface area contributed by atoms with E-state index in [2.05, 4.69) is 17.3 Å². The smallest absolute Gasteiger partial charge is 0.408 e. The number of carbonyl (C=O) groups is 2. The third-order valence-corrected chi connectivity index (χ3v) is 5.69. The van der Waals surface area contributed by atoms with Gasteiger partial charge in [0.05, 0.1) is 6.61 Å². The Bertz CT molecular complexity index is 672. The molecule has 1 amide bonds. The van der Waals surface area contributed by atoms with Crippen LogP contribution < -0.4 is 5.32 Å². The molecule has 1 aromatic carbocycles. The lowest BCUT2D eigenvalue weighted by Gasteiger charge is -2.36. The molecule has 1 N–H and O–H groups in total. The van der Waals surface area contributed by atoms with Crippen molar-refractivity contribution in [3.63, 3.8) is 0 Å². The molecule has 154 valence electrons. The molecule has 28 heavy (non-hydrogen) atoms. The maximum absolute atomic E-state index is 12.8. The van der Waals surface area contributed by atoms with E-state index < -0.39 is 23.7 Å². The van der Waals surface area contributed by atoms with Crippen LogP contribution in [-0.4, -0.2) is 48.3 Å². The molecule has 6 heteroatoms. The number of ether oxygens (including phenoxy) is 2. The molecular weight excluding hydrogens is 356 g/mol. The SMILES string of the molecule is CN1C2CC[C@@H]1C[C@@H](COC(=O)C(NC(=O)OC(C)(C)C)c1ccccc1)C2. The summed E-state index contributed by atoms with van der Waals surface area (Å²) in [5.74, 6) is -0.0565. The molecule has 2 bridgehead atoms. The molecule has 4 atom stereocenters. The zero-order valence-electron chi connectivity index (χ0n) is 17.3. The van der Waals surface area contributed by atoms with Crippen LogP contribution in [0.3, 0.4) is 0 Å². The Labute approximate surface area is 167 Å². The van der Waals surface area contributed by atoms with Gasteiger partial charge in [0.1, 0.15) is 5.60 Å². The van der Waals surface area contributed by atoms with Crippen LogP contribution in [0.1, 0.15) is 58.1 Å². The third-order valence-electron chi connectivity index (χ3n) is 5.69. The lowest BCUT2D eigenvalue weighted by Crippen LogP contribution is -2.42. The van der Waals surface area contributed by atoms with Crippen LogP contribution in [0.5, 0.6) is 0 Å². The summed E-state index contributed by atoms with van der Waals surface area (Å²) in [6, 6.07) is 9.48. The summed E-state index contributed by atoms with van der Waals surface area (Å²) >= 11 is 0. The topological polar surface area (TPSA) is 67.9 Å². The highest BCUT2D eigenvalue weighted by Crippen LogP contribution is 2.37. The Morgan fingerprint density at radius 1 is 1.14 bits per heavy atom. The van der Waals surface area contributed by atoms with E-state index >= 15 is 0 Å². The van der Waals surface area contributed by atoms with Gasteiger partial charge in [0, 0.05) is 12.1 Å². The molecule has 0 spiro atoms. The van der Waals surface area contributed by atoms with E-state index in [1.807, 2.05) is 18.2 Å². The van der Waals surface area contributed by atoms with E-state index in [-0.39, 0.29) is 0 Å². The first-order valence-electron chi connectivity index (χ1n) is 10.2. The van der Waals surface area contributed by atoms with E-state index in [9.17, 15) is 9.59 Å². The number of nitrogens with zero attached hydrogens (tertiary/aromatic N) is 1. The Kier molecular flexibility index (Phi) is 6.28. The molecule has 0 radical (unpaired) electrons. The van der Waals surface area contributed by atoms with Gasteiger partial charge < -0.3 is 19.7 Å². The lowest BCUT2D eigenvalue weighted by molar-refractivity contribution is -0.148. The van der Waals surface area contributed by atoms with Crippen molar-refractivity contribution in [2.75, 3.05) is 13.7 Å². The molecule has 2 heterocycles. The van der Waals surface area contributed by atoms with Crippen LogP contribution in [0, 0.1) is 5.92 Å². The van der Waals surface area contributed by atoms with E-state index in [0.29, 0.717) is 30.2 Å². The Morgan fingerprint density at radius 2 is 1.75 bits per heavy atom. The van der Waals surface area contributed by atoms with Gasteiger partial charge in [-0.15, -0.1) is 0 Å². The van der Waals surface area contributed by atoms with Crippen LogP contribution in [0.4, 0.5) is 4.79 Å². The van der Waals surface area contributed by atoms with Crippen molar-refractivity contribution in [3.8, 4) is 0 Å². The highest BCUT2D eigenvalue weighted by molar-refractivity contribution is 5.82. The summed E-state index contributed by atoms with van der Waals surface area (Å²) in [6.07, 6.45) is 3.97. The molecule has 2 saturated heterocycles. The van der Waals surface area contributed by atoms with Crippen molar-refractivity contribution in [1.29, 1.82) is 0 Å². The van der Waals surface area contributed by atoms with Gasteiger partial charge >= 0.3 is 12.1 Å². The van der Waals surface area contributed by atoms with Crippen molar-refractivity contribution in [1.82, 2.24) is 10.2 Å². The fourth-order valence-electron chi connectivity index (χ4n) is 4.29. The molecule has 1 aromatic rings. The third kappa shape index (κ3) is 5.25. The second kappa shape index (κ2) is 8.52. The summed E-state index contributed by atoms with van der Waals surface area (Å²) < 4.78 is 11.0. The largest absolute Gasteiger partial charge is 0.464 e. The number of rotatable bonds is 5. The second-order valence-electron chi connectivity index (χ2n) is 9.01. The monoisotopic (exact) mass is 388 g/mol. The van der Waals surface area contributed by atoms with Gasteiger partial charge in [-0.3, -0.25) is 0 Å². The van der Waals surface area contributed by atoms with Crippen molar-refractivity contribution in [2.45, 2.75) is 70.2 Å². The molecule has 0 saturated carbocycles. The lowest BCUT2D eigenvalue weighted by atomic mass is 9.92. The number of hydrogen-bond donors (Lipinski definition) is 1. The highest BCUT2D eigenvalue weighted by Gasteiger charge is 2.39. The Morgan fingerprint density at radius 3 is 2.32 bits per heavy atom. The Balaban J connectivity index is 1.61. The molecule has 2 aliphatic rings. The number of piperidine rings is 1. The first kappa shape index (κ1) is 20.6. The molecule has 0 aromatic heterocycles. The quantitative estimate of drug-likeness (QED) is 0.780. The molecule has 2 fully saturated rings. The summed E-state index contributed by atoms with van der Waals surface area (Å²) in [5, 5.41) is 2.67. The van der Waals surface area contributed by atoms with Gasteiger partial charge in [-0.2, -0.15) is 0 Å². The maximum Gasteiger partial charge on any atom is 0.408 e. The zero-order valence-corrected chi connectivity index (χ0v) is 17.3. The van der Waals surface area contributed by atoms with Gasteiger partial charge in [-0.05, 0) is 65.0 Å². The minimum atomic E-state index is -0.876. The predicted octanol–water partition coefficient (Wildman–Crippen LogP) is 3.67. The molecule has 3 rings (SSSR count). The van der Waals surface area contributed by atoms with E-state index in [4.69, 9.17) is 9.47 Å². The van der Waals surface area contributed by atoms with Gasteiger partial charge in [-0.1, -0.05) is 30.3 Å².